The number of aryl methyl sites for hydroxylation is 1. The molecule has 0 spiro atoms. The Balaban J connectivity index is 2.41. The molecule has 1 atom stereocenters. The van der Waals surface area contributed by atoms with E-state index in [-0.39, 0.29) is 6.04 Å². The van der Waals surface area contributed by atoms with Crippen molar-refractivity contribution in [3.05, 3.63) is 56.2 Å². The maximum absolute atomic E-state index is 6.22. The first-order valence-electron chi connectivity index (χ1n) is 4.73. The van der Waals surface area contributed by atoms with Crippen LogP contribution >= 0.6 is 27.3 Å². The summed E-state index contributed by atoms with van der Waals surface area (Å²) in [6.45, 7) is 2.09. The van der Waals surface area contributed by atoms with Gasteiger partial charge in [0.15, 0.2) is 0 Å². The normalized spacial score (nSPS) is 12.7. The van der Waals surface area contributed by atoms with Gasteiger partial charge in [0.25, 0.3) is 0 Å². The maximum Gasteiger partial charge on any atom is 0.0648 e. The minimum Gasteiger partial charge on any atom is -0.320 e. The average molecular weight is 282 g/mol. The van der Waals surface area contributed by atoms with Gasteiger partial charge in [0.05, 0.1) is 6.04 Å². The molecule has 1 aromatic carbocycles. The monoisotopic (exact) mass is 281 g/mol. The number of halogens is 1. The molecular weight excluding hydrogens is 270 g/mol. The first-order chi connectivity index (χ1) is 7.18. The van der Waals surface area contributed by atoms with Crippen molar-refractivity contribution in [1.29, 1.82) is 0 Å². The zero-order valence-electron chi connectivity index (χ0n) is 8.41. The summed E-state index contributed by atoms with van der Waals surface area (Å²) in [6, 6.07) is 10.3. The van der Waals surface area contributed by atoms with E-state index in [1.54, 1.807) is 11.3 Å². The molecule has 2 rings (SSSR count). The molecule has 0 unspecified atom stereocenters. The highest BCUT2D eigenvalue weighted by molar-refractivity contribution is 9.10. The molecule has 1 heterocycles. The second kappa shape index (κ2) is 4.47. The molecule has 1 aromatic heterocycles. The molecule has 3 heteroatoms. The van der Waals surface area contributed by atoms with Crippen molar-refractivity contribution in [3.63, 3.8) is 0 Å². The minimum absolute atomic E-state index is 0.0116. The van der Waals surface area contributed by atoms with Gasteiger partial charge in [-0.25, -0.2) is 0 Å². The Kier molecular flexibility index (Phi) is 3.24. The summed E-state index contributed by atoms with van der Waals surface area (Å²) in [7, 11) is 0. The van der Waals surface area contributed by atoms with E-state index in [2.05, 4.69) is 46.4 Å². The maximum atomic E-state index is 6.22. The van der Waals surface area contributed by atoms with Crippen LogP contribution in [0.25, 0.3) is 0 Å². The van der Waals surface area contributed by atoms with Crippen LogP contribution in [0.15, 0.2) is 40.2 Å². The lowest BCUT2D eigenvalue weighted by atomic mass is 10.0. The van der Waals surface area contributed by atoms with Gasteiger partial charge < -0.3 is 5.73 Å². The Bertz CT molecular complexity index is 451. The molecule has 2 N–H and O–H groups in total. The van der Waals surface area contributed by atoms with Gasteiger partial charge in [-0.3, -0.25) is 0 Å². The predicted molar refractivity (Wildman–Crippen MR) is 69.2 cm³/mol. The van der Waals surface area contributed by atoms with Crippen LogP contribution in [0.3, 0.4) is 0 Å². The molecule has 0 bridgehead atoms. The van der Waals surface area contributed by atoms with Crippen LogP contribution in [-0.2, 0) is 0 Å². The average Bonchev–Trinajstić information content (AvgIpc) is 2.74. The van der Waals surface area contributed by atoms with Crippen molar-refractivity contribution in [1.82, 2.24) is 0 Å². The smallest absolute Gasteiger partial charge is 0.0648 e. The Morgan fingerprint density at radius 2 is 2.13 bits per heavy atom. The number of benzene rings is 1. The fraction of sp³-hybridized carbons (Fsp3) is 0.167. The van der Waals surface area contributed by atoms with E-state index >= 15 is 0 Å². The highest BCUT2D eigenvalue weighted by atomic mass is 79.9. The summed E-state index contributed by atoms with van der Waals surface area (Å²) in [5.41, 5.74) is 8.64. The Hall–Kier alpha value is -0.640. The van der Waals surface area contributed by atoms with Gasteiger partial charge in [-0.1, -0.05) is 28.1 Å². The summed E-state index contributed by atoms with van der Waals surface area (Å²) in [4.78, 5) is 1.20. The van der Waals surface area contributed by atoms with Gasteiger partial charge in [-0.2, -0.15) is 0 Å². The third-order valence-corrected chi connectivity index (χ3v) is 3.87. The van der Waals surface area contributed by atoms with E-state index < -0.39 is 0 Å². The second-order valence-electron chi connectivity index (χ2n) is 3.49. The van der Waals surface area contributed by atoms with Crippen molar-refractivity contribution >= 4 is 27.3 Å². The Labute approximate surface area is 102 Å². The van der Waals surface area contributed by atoms with Crippen molar-refractivity contribution in [2.45, 2.75) is 13.0 Å². The largest absolute Gasteiger partial charge is 0.320 e. The molecule has 0 radical (unpaired) electrons. The highest BCUT2D eigenvalue weighted by Gasteiger charge is 2.12. The molecule has 0 fully saturated rings. The molecule has 0 amide bonds. The summed E-state index contributed by atoms with van der Waals surface area (Å²) in [5, 5.41) is 2.06. The lowest BCUT2D eigenvalue weighted by Gasteiger charge is -2.13. The van der Waals surface area contributed by atoms with Crippen LogP contribution in [0.1, 0.15) is 22.0 Å². The van der Waals surface area contributed by atoms with Crippen LogP contribution < -0.4 is 5.73 Å². The van der Waals surface area contributed by atoms with Crippen LogP contribution in [0.2, 0.25) is 0 Å². The zero-order valence-corrected chi connectivity index (χ0v) is 10.8. The van der Waals surface area contributed by atoms with Crippen LogP contribution in [0.5, 0.6) is 0 Å². The predicted octanol–water partition coefficient (Wildman–Crippen LogP) is 3.87. The zero-order chi connectivity index (χ0) is 10.8. The van der Waals surface area contributed by atoms with Crippen molar-refractivity contribution in [2.75, 3.05) is 0 Å². The summed E-state index contributed by atoms with van der Waals surface area (Å²) >= 11 is 5.18. The Morgan fingerprint density at radius 1 is 1.33 bits per heavy atom. The SMILES string of the molecule is Cc1ccc(Br)cc1[C@@H](N)c1cccs1. The fourth-order valence-electron chi connectivity index (χ4n) is 1.57. The molecule has 0 saturated carbocycles. The van der Waals surface area contributed by atoms with E-state index in [1.807, 2.05) is 12.1 Å². The first-order valence-corrected chi connectivity index (χ1v) is 6.41. The number of nitrogens with two attached hydrogens (primary N) is 1. The van der Waals surface area contributed by atoms with Gasteiger partial charge in [0, 0.05) is 9.35 Å². The summed E-state index contributed by atoms with van der Waals surface area (Å²) < 4.78 is 1.08. The van der Waals surface area contributed by atoms with E-state index in [0.29, 0.717) is 0 Å². The third-order valence-electron chi connectivity index (χ3n) is 2.43. The van der Waals surface area contributed by atoms with Crippen LogP contribution in [0, 0.1) is 6.92 Å². The first kappa shape index (κ1) is 10.9. The van der Waals surface area contributed by atoms with E-state index in [4.69, 9.17) is 5.73 Å². The molecule has 78 valence electrons. The molecule has 15 heavy (non-hydrogen) atoms. The van der Waals surface area contributed by atoms with E-state index in [0.717, 1.165) is 4.47 Å². The molecule has 0 aliphatic rings. The molecule has 0 saturated heterocycles. The topological polar surface area (TPSA) is 26.0 Å². The number of hydrogen-bond donors (Lipinski definition) is 1. The van der Waals surface area contributed by atoms with Gasteiger partial charge in [0.1, 0.15) is 0 Å². The standard InChI is InChI=1S/C12H12BrNS/c1-8-4-5-9(13)7-10(8)12(14)11-3-2-6-15-11/h2-7,12H,14H2,1H3/t12-/m1/s1. The van der Waals surface area contributed by atoms with Crippen molar-refractivity contribution in [2.24, 2.45) is 5.73 Å². The van der Waals surface area contributed by atoms with Gasteiger partial charge in [0.2, 0.25) is 0 Å². The highest BCUT2D eigenvalue weighted by Crippen LogP contribution is 2.28. The van der Waals surface area contributed by atoms with Crippen molar-refractivity contribution in [3.8, 4) is 0 Å². The van der Waals surface area contributed by atoms with Crippen molar-refractivity contribution < 1.29 is 0 Å². The number of rotatable bonds is 2. The molecule has 2 aromatic rings. The number of hydrogen-bond acceptors (Lipinski definition) is 2. The molecule has 0 aliphatic heterocycles. The Morgan fingerprint density at radius 3 is 2.80 bits per heavy atom. The van der Waals surface area contributed by atoms with Crippen LogP contribution in [0.4, 0.5) is 0 Å². The van der Waals surface area contributed by atoms with Gasteiger partial charge in [-0.15, -0.1) is 11.3 Å². The van der Waals surface area contributed by atoms with Crippen LogP contribution in [-0.4, -0.2) is 0 Å². The lowest BCUT2D eigenvalue weighted by molar-refractivity contribution is 0.881. The third kappa shape index (κ3) is 2.30. The minimum atomic E-state index is -0.0116. The lowest BCUT2D eigenvalue weighted by Crippen LogP contribution is -2.11. The summed E-state index contributed by atoms with van der Waals surface area (Å²) in [5.74, 6) is 0. The van der Waals surface area contributed by atoms with E-state index in [9.17, 15) is 0 Å². The molecular formula is C12H12BrNS. The van der Waals surface area contributed by atoms with E-state index in [1.165, 1.54) is 16.0 Å². The molecule has 1 nitrogen and oxygen atoms in total. The molecule has 0 aliphatic carbocycles. The second-order valence-corrected chi connectivity index (χ2v) is 5.39. The van der Waals surface area contributed by atoms with Gasteiger partial charge in [-0.05, 0) is 41.6 Å². The van der Waals surface area contributed by atoms with Gasteiger partial charge >= 0.3 is 0 Å². The summed E-state index contributed by atoms with van der Waals surface area (Å²) in [6.07, 6.45) is 0. The number of thiophene rings is 1. The quantitative estimate of drug-likeness (QED) is 0.889. The fourth-order valence-corrected chi connectivity index (χ4v) is 2.69.